The summed E-state index contributed by atoms with van der Waals surface area (Å²) in [7, 11) is 0. The molecule has 1 spiro atoms. The molecule has 6 rings (SSSR count). The van der Waals surface area contributed by atoms with Gasteiger partial charge in [-0.1, -0.05) is 24.3 Å². The molecule has 3 fully saturated rings. The number of para-hydroxylation sites is 1. The van der Waals surface area contributed by atoms with Crippen LogP contribution >= 0.6 is 0 Å². The van der Waals surface area contributed by atoms with Gasteiger partial charge in [-0.3, -0.25) is 4.79 Å². The molecule has 0 amide bonds. The maximum Gasteiger partial charge on any atom is 0.305 e. The van der Waals surface area contributed by atoms with E-state index >= 15 is 0 Å². The van der Waals surface area contributed by atoms with E-state index in [0.717, 1.165) is 18.5 Å². The molecule has 1 aliphatic carbocycles. The molecule has 142 valence electrons. The van der Waals surface area contributed by atoms with Crippen LogP contribution in [0.2, 0.25) is 0 Å². The SMILES string of the molecule is O=C(O)C[C@@H]1OCC=C2C[N+]3([O-])CC[C@]45c6ccccc6N[C@H]4[C@@H]1[C@H]2C[C@H]53. The Bertz CT molecular complexity index is 869. The molecule has 5 aliphatic rings. The van der Waals surface area contributed by atoms with Crippen molar-refractivity contribution in [1.82, 2.24) is 0 Å². The van der Waals surface area contributed by atoms with Crippen LogP contribution in [0.4, 0.5) is 5.69 Å². The summed E-state index contributed by atoms with van der Waals surface area (Å²) >= 11 is 0. The molecule has 2 N–H and O–H groups in total. The van der Waals surface area contributed by atoms with E-state index in [4.69, 9.17) is 4.74 Å². The number of ether oxygens (including phenoxy) is 1. The fourth-order valence-corrected chi connectivity index (χ4v) is 7.20. The van der Waals surface area contributed by atoms with Gasteiger partial charge >= 0.3 is 5.97 Å². The lowest BCUT2D eigenvalue weighted by Crippen LogP contribution is -2.68. The predicted molar refractivity (Wildman–Crippen MR) is 99.0 cm³/mol. The van der Waals surface area contributed by atoms with Crippen LogP contribution in [0.5, 0.6) is 0 Å². The van der Waals surface area contributed by atoms with E-state index in [1.807, 2.05) is 6.07 Å². The minimum Gasteiger partial charge on any atom is -0.632 e. The number of anilines is 1. The third-order valence-electron chi connectivity index (χ3n) is 8.08. The Balaban J connectivity index is 1.55. The molecule has 0 radical (unpaired) electrons. The Kier molecular flexibility index (Phi) is 3.06. The number of hydroxylamine groups is 3. The standard InChI is InChI=1S/C21H24N2O4/c24-18(25)10-16-19-13-9-17-21(14-3-1-2-4-15(14)22-20(19)21)6-7-23(17,26)11-12(13)5-8-27-16/h1-5,13,16-17,19-20,22H,6-11H2,(H,24,25)/t13-,16-,17+,19+,20-,21+,23?/m0/s1. The fraction of sp³-hybridized carbons (Fsp3) is 0.571. The van der Waals surface area contributed by atoms with Gasteiger partial charge in [-0.25, -0.2) is 0 Å². The van der Waals surface area contributed by atoms with E-state index < -0.39 is 5.97 Å². The number of benzene rings is 1. The van der Waals surface area contributed by atoms with E-state index in [-0.39, 0.29) is 46.5 Å². The summed E-state index contributed by atoms with van der Waals surface area (Å²) in [6.45, 7) is 1.61. The van der Waals surface area contributed by atoms with Gasteiger partial charge in [0.1, 0.15) is 12.6 Å². The number of carboxylic acid groups (broad SMARTS) is 1. The Morgan fingerprint density at radius 2 is 2.26 bits per heavy atom. The lowest BCUT2D eigenvalue weighted by atomic mass is 9.54. The number of carboxylic acids is 1. The second kappa shape index (κ2) is 5.13. The van der Waals surface area contributed by atoms with Gasteiger partial charge in [-0.2, -0.15) is 0 Å². The van der Waals surface area contributed by atoms with Crippen molar-refractivity contribution in [2.24, 2.45) is 11.8 Å². The first-order chi connectivity index (χ1) is 13.0. The van der Waals surface area contributed by atoms with Crippen LogP contribution in [0.25, 0.3) is 0 Å². The first-order valence-corrected chi connectivity index (χ1v) is 9.99. The van der Waals surface area contributed by atoms with Crippen molar-refractivity contribution in [3.8, 4) is 0 Å². The highest BCUT2D eigenvalue weighted by Crippen LogP contribution is 2.64. The highest BCUT2D eigenvalue weighted by molar-refractivity contribution is 5.68. The molecule has 1 saturated carbocycles. The Morgan fingerprint density at radius 3 is 3.11 bits per heavy atom. The molecule has 6 nitrogen and oxygen atoms in total. The quantitative estimate of drug-likeness (QED) is 0.475. The zero-order valence-corrected chi connectivity index (χ0v) is 15.1. The smallest absolute Gasteiger partial charge is 0.305 e. The maximum absolute atomic E-state index is 13.8. The molecule has 2 bridgehead atoms. The highest BCUT2D eigenvalue weighted by Gasteiger charge is 2.71. The molecule has 1 aromatic carbocycles. The van der Waals surface area contributed by atoms with Crippen molar-refractivity contribution >= 4 is 11.7 Å². The van der Waals surface area contributed by atoms with E-state index in [0.29, 0.717) is 19.7 Å². The van der Waals surface area contributed by atoms with Gasteiger partial charge in [0.2, 0.25) is 0 Å². The molecule has 1 unspecified atom stereocenters. The van der Waals surface area contributed by atoms with Crippen molar-refractivity contribution in [2.75, 3.05) is 25.0 Å². The Hall–Kier alpha value is -1.89. The molecule has 4 heterocycles. The van der Waals surface area contributed by atoms with Crippen molar-refractivity contribution in [1.29, 1.82) is 0 Å². The summed E-state index contributed by atoms with van der Waals surface area (Å²) in [4.78, 5) is 11.6. The monoisotopic (exact) mass is 368 g/mol. The minimum absolute atomic E-state index is 0.0228. The molecule has 27 heavy (non-hydrogen) atoms. The van der Waals surface area contributed by atoms with Gasteiger partial charge in [0.25, 0.3) is 0 Å². The second-order valence-electron chi connectivity index (χ2n) is 8.98. The van der Waals surface area contributed by atoms with Gasteiger partial charge in [-0.15, -0.1) is 0 Å². The summed E-state index contributed by atoms with van der Waals surface area (Å²) in [6.07, 6.45) is 3.49. The summed E-state index contributed by atoms with van der Waals surface area (Å²) in [5.41, 5.74) is 3.38. The normalized spacial score (nSPS) is 46.0. The zero-order valence-electron chi connectivity index (χ0n) is 15.1. The average molecular weight is 368 g/mol. The minimum atomic E-state index is -0.814. The molecule has 2 saturated heterocycles. The first kappa shape index (κ1) is 16.1. The summed E-state index contributed by atoms with van der Waals surface area (Å²) < 4.78 is 5.95. The molecule has 6 heteroatoms. The molecule has 7 atom stereocenters. The van der Waals surface area contributed by atoms with Crippen LogP contribution in [0.1, 0.15) is 24.8 Å². The number of aliphatic carboxylic acids is 1. The number of rotatable bonds is 2. The van der Waals surface area contributed by atoms with Crippen LogP contribution in [0.3, 0.4) is 0 Å². The zero-order chi connectivity index (χ0) is 18.4. The number of piperidine rings is 1. The van der Waals surface area contributed by atoms with Gasteiger partial charge in [0.15, 0.2) is 0 Å². The number of hydrogen-bond acceptors (Lipinski definition) is 4. The van der Waals surface area contributed by atoms with Crippen LogP contribution in [0, 0.1) is 17.0 Å². The fourth-order valence-electron chi connectivity index (χ4n) is 7.20. The van der Waals surface area contributed by atoms with Crippen LogP contribution in [0.15, 0.2) is 35.9 Å². The van der Waals surface area contributed by atoms with Crippen molar-refractivity contribution in [3.63, 3.8) is 0 Å². The number of carbonyl (C=O) groups is 1. The summed E-state index contributed by atoms with van der Waals surface area (Å²) in [5, 5.41) is 27.1. The lowest BCUT2D eigenvalue weighted by molar-refractivity contribution is -0.896. The summed E-state index contributed by atoms with van der Waals surface area (Å²) in [6, 6.07) is 8.50. The maximum atomic E-state index is 13.8. The van der Waals surface area contributed by atoms with Crippen LogP contribution < -0.4 is 5.32 Å². The predicted octanol–water partition coefficient (Wildman–Crippen LogP) is 2.25. The number of quaternary nitrogens is 1. The molecular weight excluding hydrogens is 344 g/mol. The van der Waals surface area contributed by atoms with Crippen LogP contribution in [-0.2, 0) is 14.9 Å². The van der Waals surface area contributed by atoms with Crippen LogP contribution in [-0.4, -0.2) is 53.6 Å². The summed E-state index contributed by atoms with van der Waals surface area (Å²) in [5.74, 6) is -0.475. The largest absolute Gasteiger partial charge is 0.632 e. The van der Waals surface area contributed by atoms with Crippen molar-refractivity contribution < 1.29 is 19.3 Å². The average Bonchev–Trinajstić information content (AvgIpc) is 3.08. The van der Waals surface area contributed by atoms with Gasteiger partial charge in [0, 0.05) is 30.5 Å². The van der Waals surface area contributed by atoms with Crippen molar-refractivity contribution in [2.45, 2.75) is 42.9 Å². The van der Waals surface area contributed by atoms with Gasteiger partial charge in [-0.05, 0) is 23.1 Å². The Morgan fingerprint density at radius 1 is 1.41 bits per heavy atom. The van der Waals surface area contributed by atoms with Crippen molar-refractivity contribution in [3.05, 3.63) is 46.7 Å². The number of nitrogens with one attached hydrogen (secondary N) is 1. The van der Waals surface area contributed by atoms with E-state index in [1.54, 1.807) is 0 Å². The van der Waals surface area contributed by atoms with E-state index in [1.165, 1.54) is 11.1 Å². The second-order valence-corrected chi connectivity index (χ2v) is 8.98. The molecule has 1 aromatic rings. The highest BCUT2D eigenvalue weighted by atomic mass is 16.6. The Labute approximate surface area is 158 Å². The van der Waals surface area contributed by atoms with Gasteiger partial charge < -0.3 is 25.0 Å². The number of nitrogens with zero attached hydrogens (tertiary/aromatic N) is 1. The van der Waals surface area contributed by atoms with E-state index in [9.17, 15) is 15.1 Å². The van der Waals surface area contributed by atoms with E-state index in [2.05, 4.69) is 29.6 Å². The third kappa shape index (κ3) is 1.88. The molecule has 4 aliphatic heterocycles. The van der Waals surface area contributed by atoms with Gasteiger partial charge in [0.05, 0.1) is 31.1 Å². The molecule has 0 aromatic heterocycles. The topological polar surface area (TPSA) is 81.6 Å². The lowest BCUT2D eigenvalue weighted by Gasteiger charge is -2.60. The first-order valence-electron chi connectivity index (χ1n) is 9.99. The number of fused-ring (bicyclic) bond motifs is 2. The molecular formula is C21H24N2O4. The number of hydrogen-bond donors (Lipinski definition) is 2. The third-order valence-corrected chi connectivity index (χ3v) is 8.08.